The van der Waals surface area contributed by atoms with Crippen molar-refractivity contribution in [2.75, 3.05) is 0 Å². The lowest BCUT2D eigenvalue weighted by atomic mass is 10.00. The summed E-state index contributed by atoms with van der Waals surface area (Å²) in [6.45, 7) is 0. The van der Waals surface area contributed by atoms with E-state index >= 15 is 43.9 Å². The van der Waals surface area contributed by atoms with Crippen LogP contribution >= 0.6 is 0 Å². The molecule has 0 atom stereocenters. The molecular formula is C48H18F27N7. The lowest BCUT2D eigenvalue weighted by Gasteiger charge is -2.29. The van der Waals surface area contributed by atoms with Crippen molar-refractivity contribution >= 4 is 46.4 Å². The van der Waals surface area contributed by atoms with Crippen LogP contribution in [0, 0.1) is 11.8 Å². The zero-order chi connectivity index (χ0) is 61.1. The summed E-state index contributed by atoms with van der Waals surface area (Å²) in [6.07, 6.45) is -30.2. The van der Waals surface area contributed by atoms with E-state index < -0.39 is 173 Å². The van der Waals surface area contributed by atoms with Gasteiger partial charge in [-0.25, -0.2) is 15.0 Å². The second-order valence-corrected chi connectivity index (χ2v) is 17.2. The molecule has 6 aromatic heterocycles. The second kappa shape index (κ2) is 19.2. The van der Waals surface area contributed by atoms with Gasteiger partial charge in [-0.05, 0) is 85.0 Å². The first-order valence-electron chi connectivity index (χ1n) is 21.6. The Balaban J connectivity index is 1.56. The van der Waals surface area contributed by atoms with Crippen molar-refractivity contribution in [1.82, 2.24) is 34.9 Å². The topological polar surface area (TPSA) is 96.0 Å². The van der Waals surface area contributed by atoms with Crippen molar-refractivity contribution in [3.05, 3.63) is 135 Å². The number of aromatic nitrogens is 7. The molecule has 0 fully saturated rings. The van der Waals surface area contributed by atoms with Crippen molar-refractivity contribution in [2.45, 2.75) is 66.4 Å². The molecule has 8 rings (SSSR count). The summed E-state index contributed by atoms with van der Waals surface area (Å²) < 4.78 is 394. The molecule has 434 valence electrons. The van der Waals surface area contributed by atoms with Crippen molar-refractivity contribution < 1.29 is 119 Å². The van der Waals surface area contributed by atoms with Gasteiger partial charge in [-0.15, -0.1) is 0 Å². The van der Waals surface area contributed by atoms with Crippen LogP contribution in [0.5, 0.6) is 0 Å². The molecule has 0 amide bonds. The smallest absolute Gasteiger partial charge is 0.355 e. The molecule has 8 bridgehead atoms. The molecule has 82 heavy (non-hydrogen) atoms. The Morgan fingerprint density at radius 1 is 0.329 bits per heavy atom. The van der Waals surface area contributed by atoms with E-state index in [-0.39, 0.29) is 36.4 Å². The molecule has 34 heteroatoms. The maximum atomic E-state index is 16.2. The van der Waals surface area contributed by atoms with E-state index in [4.69, 9.17) is 0 Å². The van der Waals surface area contributed by atoms with E-state index in [2.05, 4.69) is 36.8 Å². The fourth-order valence-corrected chi connectivity index (χ4v) is 7.83. The second-order valence-electron chi connectivity index (χ2n) is 17.2. The highest BCUT2D eigenvalue weighted by Crippen LogP contribution is 2.57. The predicted molar refractivity (Wildman–Crippen MR) is 230 cm³/mol. The Kier molecular flexibility index (Phi) is 14.0. The molecule has 0 aromatic carbocycles. The maximum absolute atomic E-state index is 16.2. The summed E-state index contributed by atoms with van der Waals surface area (Å²) in [5.41, 5.74) is -30.3. The molecule has 2 aliphatic rings. The van der Waals surface area contributed by atoms with E-state index in [0.717, 1.165) is 12.1 Å². The van der Waals surface area contributed by atoms with E-state index in [1.807, 2.05) is 0 Å². The number of aromatic amines is 2. The third-order valence-electron chi connectivity index (χ3n) is 11.8. The van der Waals surface area contributed by atoms with Crippen molar-refractivity contribution in [2.24, 2.45) is 0 Å². The summed E-state index contributed by atoms with van der Waals surface area (Å²) in [4.78, 5) is 21.0. The molecule has 0 saturated heterocycles. The van der Waals surface area contributed by atoms with Crippen LogP contribution in [0.25, 0.3) is 69.1 Å². The number of rotatable bonds is 8. The average molecular weight is 1210 g/mol. The van der Waals surface area contributed by atoms with Gasteiger partial charge in [-0.1, -0.05) is 11.8 Å². The molecule has 0 radical (unpaired) electrons. The molecule has 7 nitrogen and oxygen atoms in total. The fourth-order valence-electron chi connectivity index (χ4n) is 7.83. The third-order valence-corrected chi connectivity index (χ3v) is 11.8. The van der Waals surface area contributed by atoms with Gasteiger partial charge in [-0.2, -0.15) is 119 Å². The van der Waals surface area contributed by atoms with Crippen molar-refractivity contribution in [3.63, 3.8) is 0 Å². The fraction of sp³-hybridized carbons (Fsp3) is 0.229. The Labute approximate surface area is 435 Å². The van der Waals surface area contributed by atoms with Gasteiger partial charge in [0.2, 0.25) is 0 Å². The molecule has 0 unspecified atom stereocenters. The lowest BCUT2D eigenvalue weighted by Crippen LogP contribution is -2.50. The number of alkyl halides is 27. The van der Waals surface area contributed by atoms with Crippen LogP contribution in [-0.2, 0) is 30.1 Å². The molecule has 0 spiro atoms. The molecule has 2 N–H and O–H groups in total. The monoisotopic (exact) mass is 1210 g/mol. The normalized spacial score (nSPS) is 14.3. The van der Waals surface area contributed by atoms with E-state index in [0.29, 0.717) is 48.8 Å². The van der Waals surface area contributed by atoms with Crippen LogP contribution in [0.4, 0.5) is 119 Å². The van der Waals surface area contributed by atoms with Crippen molar-refractivity contribution in [1.29, 1.82) is 0 Å². The van der Waals surface area contributed by atoms with Gasteiger partial charge in [0, 0.05) is 18.0 Å². The molecule has 0 saturated carbocycles. The first-order valence-corrected chi connectivity index (χ1v) is 21.6. The first kappa shape index (κ1) is 59.8. The number of nitrogens with one attached hydrogen (secondary N) is 2. The van der Waals surface area contributed by atoms with E-state index in [9.17, 15) is 74.6 Å². The highest BCUT2D eigenvalue weighted by Gasteiger charge is 2.76. The quantitative estimate of drug-likeness (QED) is 0.117. The van der Waals surface area contributed by atoms with Crippen LogP contribution in [-0.4, -0.2) is 71.2 Å². The number of nitrogens with zero attached hydrogens (tertiary/aromatic N) is 5. The largest absolute Gasteiger partial charge is 0.460 e. The average Bonchev–Trinajstić information content (AvgIpc) is 3.13. The van der Waals surface area contributed by atoms with E-state index in [1.165, 1.54) is 9.97 Å². The third kappa shape index (κ3) is 10.1. The molecular weight excluding hydrogens is 1190 g/mol. The minimum atomic E-state index is -7.41. The minimum Gasteiger partial charge on any atom is -0.355 e. The standard InChI is InChI=1S/C48H18F27N7/c49-38(50,43(61,62)46(67,68)69)35-25-5-3-23(78-25)22(2-1-19-15-33(31-17-20(11-13-76-31)41(55,56)57)82-34(16-19)32-18-21(12-14-77-32)42(58,59)60)24-4-6-26(79-24)36(39(51,52)44(63,64)47(70,71)72)28-8-10-30(81-28)37(29-9-7-27(35)80-29)40(53,54)45(65,66)48(73,74)75/h3-18,80-81H. The summed E-state index contributed by atoms with van der Waals surface area (Å²) in [6, 6.07) is 2.22. The Bertz CT molecular complexity index is 3630. The number of hydrogen-bond acceptors (Lipinski definition) is 5. The lowest BCUT2D eigenvalue weighted by molar-refractivity contribution is -0.359. The summed E-state index contributed by atoms with van der Waals surface area (Å²) in [5, 5.41) is 0. The Hall–Kier alpha value is -8.28. The highest BCUT2D eigenvalue weighted by molar-refractivity contribution is 5.86. The minimum absolute atomic E-state index is 0.0832. The molecule has 8 heterocycles. The molecule has 0 aliphatic carbocycles. The Morgan fingerprint density at radius 2 is 0.646 bits per heavy atom. The number of hydrogen-bond donors (Lipinski definition) is 2. The summed E-state index contributed by atoms with van der Waals surface area (Å²) >= 11 is 0. The summed E-state index contributed by atoms with van der Waals surface area (Å²) in [7, 11) is 0. The SMILES string of the molecule is FC(F)(F)c1ccnc(-c2cc(C#Cc3c4nc(c(C(F)(F)C(F)(F)C(F)(F)F)c5ccc([nH]5)c(C(F)(F)C(F)(F)C(F)(F)F)c5ccc([nH]5)c(C(F)(F)C(F)(F)C(F)(F)F)c5nc3C=C5)C=C4)cc(-c3cc(C(F)(F)F)ccn3)n2)c1. The predicted octanol–water partition coefficient (Wildman–Crippen LogP) is 16.5. The number of halogens is 27. The van der Waals surface area contributed by atoms with Crippen LogP contribution in [0.3, 0.4) is 0 Å². The first-order chi connectivity index (χ1) is 37.3. The highest BCUT2D eigenvalue weighted by atomic mass is 19.5. The molecule has 6 aromatic rings. The van der Waals surface area contributed by atoms with Gasteiger partial charge in [0.25, 0.3) is 0 Å². The van der Waals surface area contributed by atoms with E-state index in [1.54, 1.807) is 0 Å². The molecule has 2 aliphatic heterocycles. The van der Waals surface area contributed by atoms with Crippen LogP contribution in [0.15, 0.2) is 73.1 Å². The van der Waals surface area contributed by atoms with Crippen LogP contribution < -0.4 is 0 Å². The van der Waals surface area contributed by atoms with Gasteiger partial charge >= 0.3 is 66.4 Å². The zero-order valence-electron chi connectivity index (χ0n) is 38.7. The number of pyridine rings is 3. The Morgan fingerprint density at radius 3 is 0.976 bits per heavy atom. The van der Waals surface area contributed by atoms with Gasteiger partial charge in [0.15, 0.2) is 0 Å². The van der Waals surface area contributed by atoms with Gasteiger partial charge < -0.3 is 9.97 Å². The van der Waals surface area contributed by atoms with Gasteiger partial charge in [0.05, 0.1) is 101 Å². The summed E-state index contributed by atoms with van der Waals surface area (Å²) in [5.74, 6) is -38.1. The number of H-pyrrole nitrogens is 2. The maximum Gasteiger partial charge on any atom is 0.460 e. The zero-order valence-corrected chi connectivity index (χ0v) is 38.7. The van der Waals surface area contributed by atoms with Gasteiger partial charge in [0.1, 0.15) is 0 Å². The van der Waals surface area contributed by atoms with Gasteiger partial charge in [-0.3, -0.25) is 9.97 Å². The van der Waals surface area contributed by atoms with Crippen LogP contribution in [0.1, 0.15) is 61.7 Å². The van der Waals surface area contributed by atoms with Crippen molar-refractivity contribution in [3.8, 4) is 34.6 Å². The number of fused-ring (bicyclic) bond motifs is 8. The van der Waals surface area contributed by atoms with Crippen LogP contribution in [0.2, 0.25) is 0 Å².